The van der Waals surface area contributed by atoms with Crippen LogP contribution in [0.1, 0.15) is 87.1 Å². The van der Waals surface area contributed by atoms with Gasteiger partial charge >= 0.3 is 6.18 Å². The van der Waals surface area contributed by atoms with Crippen molar-refractivity contribution in [2.45, 2.75) is 90.3 Å². The van der Waals surface area contributed by atoms with Crippen LogP contribution >= 0.6 is 0 Å². The van der Waals surface area contributed by atoms with Gasteiger partial charge in [0.2, 0.25) is 0 Å². The summed E-state index contributed by atoms with van der Waals surface area (Å²) < 4.78 is 95.1. The molecule has 2 atom stereocenters. The van der Waals surface area contributed by atoms with Crippen LogP contribution in [0.5, 0.6) is 0 Å². The fraction of sp³-hybridized carbons (Fsp3) is 0.655. The first-order chi connectivity index (χ1) is 20.0. The van der Waals surface area contributed by atoms with Gasteiger partial charge in [-0.15, -0.1) is 0 Å². The van der Waals surface area contributed by atoms with Crippen molar-refractivity contribution in [2.75, 3.05) is 26.2 Å². The number of alkyl halides is 7. The predicted octanol–water partition coefficient (Wildman–Crippen LogP) is 6.46. The number of nitrogens with zero attached hydrogens (tertiary/aromatic N) is 5. The molecule has 244 valence electrons. The smallest absolute Gasteiger partial charge is 0.422 e. The topological polar surface area (TPSA) is 78.0 Å². The quantitative estimate of drug-likeness (QED) is 0.231. The summed E-state index contributed by atoms with van der Waals surface area (Å²) in [6.07, 6.45) is -0.138. The zero-order valence-electron chi connectivity index (χ0n) is 25.2. The number of unbranched alkanes of at least 4 members (excludes halogenated alkanes) is 1. The molecule has 3 heterocycles. The average Bonchev–Trinajstić information content (AvgIpc) is 3.33. The summed E-state index contributed by atoms with van der Waals surface area (Å²) in [5.74, 6) is -6.57. The molecule has 44 heavy (non-hydrogen) atoms. The minimum Gasteiger partial charge on any atom is -0.493 e. The number of hydrogen-bond acceptors (Lipinski definition) is 6. The monoisotopic (exact) mass is 857 g/mol. The molecule has 0 saturated carbocycles. The molecule has 2 aromatic heterocycles. The van der Waals surface area contributed by atoms with Crippen LogP contribution in [0, 0.1) is 50.5 Å². The van der Waals surface area contributed by atoms with Crippen molar-refractivity contribution in [1.29, 1.82) is 0 Å². The van der Waals surface area contributed by atoms with Crippen molar-refractivity contribution in [3.8, 4) is 0 Å². The van der Waals surface area contributed by atoms with Crippen LogP contribution in [-0.2, 0) is 18.5 Å². The summed E-state index contributed by atoms with van der Waals surface area (Å²) in [4.78, 5) is 22.6. The van der Waals surface area contributed by atoms with E-state index in [1.54, 1.807) is 11.8 Å². The van der Waals surface area contributed by atoms with Gasteiger partial charge in [0.25, 0.3) is 17.4 Å². The first-order valence-electron chi connectivity index (χ1n) is 14.4. The molecule has 0 spiro atoms. The molecule has 2 unspecified atom stereocenters. The molecule has 1 aliphatic heterocycles. The number of rotatable bonds is 9. The van der Waals surface area contributed by atoms with Crippen molar-refractivity contribution < 1.29 is 61.8 Å². The van der Waals surface area contributed by atoms with Crippen LogP contribution < -0.4 is 5.56 Å². The molecule has 2 aromatic rings. The molecule has 0 radical (unpaired) electrons. The van der Waals surface area contributed by atoms with E-state index in [1.165, 1.54) is 0 Å². The second-order valence-electron chi connectivity index (χ2n) is 11.1. The molecular formula is C29H38F7N6OU-. The van der Waals surface area contributed by atoms with Gasteiger partial charge in [0.05, 0.1) is 17.3 Å². The third kappa shape index (κ3) is 9.28. The number of H-pyrrole nitrogens is 1. The molecule has 0 amide bonds. The summed E-state index contributed by atoms with van der Waals surface area (Å²) in [5.41, 5.74) is -2.53. The minimum absolute atomic E-state index is 0. The van der Waals surface area contributed by atoms with Crippen molar-refractivity contribution >= 4 is 0 Å². The van der Waals surface area contributed by atoms with E-state index in [-0.39, 0.29) is 79.6 Å². The van der Waals surface area contributed by atoms with E-state index in [9.17, 15) is 35.5 Å². The molecule has 7 nitrogen and oxygen atoms in total. The summed E-state index contributed by atoms with van der Waals surface area (Å²) in [6, 6.07) is -0.565. The van der Waals surface area contributed by atoms with Crippen LogP contribution in [0.4, 0.5) is 30.7 Å². The third-order valence-corrected chi connectivity index (χ3v) is 7.77. The first kappa shape index (κ1) is 38.2. The van der Waals surface area contributed by atoms with E-state index in [0.29, 0.717) is 18.9 Å². The van der Waals surface area contributed by atoms with Gasteiger partial charge in [0, 0.05) is 88.9 Å². The average molecular weight is 858 g/mol. The van der Waals surface area contributed by atoms with Gasteiger partial charge in [-0.1, -0.05) is 20.3 Å². The first-order valence-corrected chi connectivity index (χ1v) is 14.4. The molecule has 0 bridgehead atoms. The number of halogens is 7. The molecule has 2 aliphatic rings. The van der Waals surface area contributed by atoms with Gasteiger partial charge in [-0.25, -0.2) is 32.6 Å². The standard InChI is InChI=1S/C22H30F5N4O.C7H8F2N2.U/c1-4-6-11-30(10-5-2)14(3)16-13-31(12-9-21(16,23)24)17-8-7-15-18(22(25,26)27)20(32)29-28-19(15)17;1-5-10-3-6(4-11-5)7(2,8)9;/h3,16-17H,4-13H2,1-2H3,(H,29,32);3-4H,1-2H3;/q-1;;. The number of hydrogen-bond donors (Lipinski definition) is 1. The van der Waals surface area contributed by atoms with Crippen LogP contribution in [0.2, 0.25) is 0 Å². The summed E-state index contributed by atoms with van der Waals surface area (Å²) in [6.45, 7) is 13.8. The van der Waals surface area contributed by atoms with E-state index < -0.39 is 47.5 Å². The van der Waals surface area contributed by atoms with Gasteiger partial charge in [-0.2, -0.15) is 24.0 Å². The number of likely N-dealkylation sites (tertiary alicyclic amines) is 1. The maximum Gasteiger partial charge on any atom is 0.422 e. The van der Waals surface area contributed by atoms with Crippen LogP contribution in [0.25, 0.3) is 0 Å². The fourth-order valence-corrected chi connectivity index (χ4v) is 5.45. The maximum absolute atomic E-state index is 14.9. The molecule has 1 fully saturated rings. The number of nitrogens with one attached hydrogen (secondary N) is 1. The van der Waals surface area contributed by atoms with Crippen molar-refractivity contribution in [3.05, 3.63) is 63.2 Å². The van der Waals surface area contributed by atoms with Crippen molar-refractivity contribution in [1.82, 2.24) is 30.0 Å². The normalized spacial score (nSPS) is 19.8. The number of aromatic amines is 1. The van der Waals surface area contributed by atoms with Crippen LogP contribution in [0.15, 0.2) is 22.9 Å². The van der Waals surface area contributed by atoms with Crippen molar-refractivity contribution in [3.63, 3.8) is 0 Å². The van der Waals surface area contributed by atoms with Gasteiger partial charge < -0.3 is 11.5 Å². The number of fused-ring (bicyclic) bond motifs is 1. The number of aryl methyl sites for hydroxylation is 1. The van der Waals surface area contributed by atoms with Gasteiger partial charge in [-0.05, 0) is 38.2 Å². The summed E-state index contributed by atoms with van der Waals surface area (Å²) in [7, 11) is 0. The van der Waals surface area contributed by atoms with E-state index in [4.69, 9.17) is 6.58 Å². The number of piperidine rings is 1. The Balaban J connectivity index is 0.000000475. The molecule has 1 saturated heterocycles. The van der Waals surface area contributed by atoms with Gasteiger partial charge in [-0.3, -0.25) is 9.69 Å². The van der Waals surface area contributed by atoms with Gasteiger partial charge in [0.15, 0.2) is 0 Å². The Morgan fingerprint density at radius 2 is 1.77 bits per heavy atom. The Labute approximate surface area is 276 Å². The van der Waals surface area contributed by atoms with Gasteiger partial charge in [0.1, 0.15) is 11.4 Å². The molecule has 4 rings (SSSR count). The van der Waals surface area contributed by atoms with E-state index >= 15 is 0 Å². The third-order valence-electron chi connectivity index (χ3n) is 7.77. The summed E-state index contributed by atoms with van der Waals surface area (Å²) >= 11 is 0. The van der Waals surface area contributed by atoms with Crippen LogP contribution in [-0.4, -0.2) is 62.1 Å². The van der Waals surface area contributed by atoms with Crippen LogP contribution in [0.3, 0.4) is 0 Å². The second-order valence-corrected chi connectivity index (χ2v) is 11.1. The molecule has 15 heteroatoms. The van der Waals surface area contributed by atoms with E-state index in [1.807, 2.05) is 23.8 Å². The van der Waals surface area contributed by atoms with E-state index in [2.05, 4.69) is 15.1 Å². The Bertz CT molecular complexity index is 1300. The Morgan fingerprint density at radius 1 is 1.14 bits per heavy atom. The molecule has 1 N–H and O–H groups in total. The maximum atomic E-state index is 14.9. The van der Waals surface area contributed by atoms with Crippen molar-refractivity contribution in [2.24, 2.45) is 5.92 Å². The zero-order chi connectivity index (χ0) is 32.2. The largest absolute Gasteiger partial charge is 0.493 e. The fourth-order valence-electron chi connectivity index (χ4n) is 5.45. The minimum atomic E-state index is -4.80. The Hall–Kier alpha value is -1.98. The Kier molecular flexibility index (Phi) is 13.5. The summed E-state index contributed by atoms with van der Waals surface area (Å²) in [5, 5.41) is 5.83. The SMILES string of the molecule is Cc1ncc(C(C)(F)F)cn1.[CH-]=C(C1CN(C2CCc3c2n[nH]c(=O)c3C(F)(F)F)CCC1(F)F)N(CCC)CCCC.[U]. The second kappa shape index (κ2) is 15.5. The number of aromatic nitrogens is 4. The zero-order valence-corrected chi connectivity index (χ0v) is 29.4. The Morgan fingerprint density at radius 3 is 2.32 bits per heavy atom. The van der Waals surface area contributed by atoms with E-state index in [0.717, 1.165) is 38.6 Å². The molecular weight excluding hydrogens is 819 g/mol. The molecule has 1 aliphatic carbocycles. The molecule has 0 aromatic carbocycles. The predicted molar refractivity (Wildman–Crippen MR) is 146 cm³/mol.